The van der Waals surface area contributed by atoms with Crippen LogP contribution in [0.4, 0.5) is 0 Å². The second-order valence-corrected chi connectivity index (χ2v) is 7.48. The van der Waals surface area contributed by atoms with E-state index in [2.05, 4.69) is 67.1 Å². The first-order valence-corrected chi connectivity index (χ1v) is 7.21. The Labute approximate surface area is 112 Å². The average Bonchev–Trinajstić information content (AvgIpc) is 2.17. The zero-order chi connectivity index (χ0) is 12.2. The van der Waals surface area contributed by atoms with E-state index in [9.17, 15) is 0 Å². The number of halogens is 1. The van der Waals surface area contributed by atoms with Crippen molar-refractivity contribution in [3.05, 3.63) is 28.2 Å². The van der Waals surface area contributed by atoms with Crippen molar-refractivity contribution < 1.29 is 0 Å². The molecular weight excluding hydrogens is 282 g/mol. The first-order chi connectivity index (χ1) is 7.42. The van der Waals surface area contributed by atoms with E-state index in [0.717, 1.165) is 13.1 Å². The Hall–Kier alpha value is 0.01000. The molecule has 0 amide bonds. The highest BCUT2D eigenvalue weighted by Crippen LogP contribution is 2.36. The zero-order valence-electron chi connectivity index (χ0n) is 10.4. The Kier molecular flexibility index (Phi) is 5.35. The van der Waals surface area contributed by atoms with Gasteiger partial charge in [0.2, 0.25) is 0 Å². The second kappa shape index (κ2) is 6.08. The molecule has 0 unspecified atom stereocenters. The Bertz CT molecular complexity index is 344. The predicted molar refractivity (Wildman–Crippen MR) is 77.1 cm³/mol. The van der Waals surface area contributed by atoms with Crippen molar-refractivity contribution in [1.29, 1.82) is 0 Å². The van der Waals surface area contributed by atoms with E-state index >= 15 is 0 Å². The molecule has 0 heterocycles. The fourth-order valence-electron chi connectivity index (χ4n) is 1.34. The molecule has 3 heteroatoms. The molecule has 1 N–H and O–H groups in total. The maximum Gasteiger partial charge on any atom is 0.0314 e. The highest BCUT2D eigenvalue weighted by atomic mass is 79.9. The number of rotatable bonds is 4. The van der Waals surface area contributed by atoms with Gasteiger partial charge in [-0.25, -0.2) is 0 Å². The number of hydrogen-bond acceptors (Lipinski definition) is 2. The van der Waals surface area contributed by atoms with Gasteiger partial charge in [-0.1, -0.05) is 33.8 Å². The van der Waals surface area contributed by atoms with Gasteiger partial charge in [-0.05, 0) is 40.2 Å². The van der Waals surface area contributed by atoms with E-state index in [1.807, 2.05) is 11.8 Å². The summed E-state index contributed by atoms with van der Waals surface area (Å²) in [6.07, 6.45) is 0. The molecule has 0 aliphatic rings. The van der Waals surface area contributed by atoms with E-state index in [1.165, 1.54) is 14.9 Å². The summed E-state index contributed by atoms with van der Waals surface area (Å²) >= 11 is 5.54. The number of benzene rings is 1. The molecule has 0 aliphatic heterocycles. The molecule has 0 aromatic heterocycles. The highest BCUT2D eigenvalue weighted by molar-refractivity contribution is 9.10. The van der Waals surface area contributed by atoms with Gasteiger partial charge in [0.05, 0.1) is 0 Å². The topological polar surface area (TPSA) is 12.0 Å². The molecule has 0 saturated heterocycles. The normalized spacial score (nSPS) is 11.8. The molecule has 0 saturated carbocycles. The lowest BCUT2D eigenvalue weighted by atomic mass is 10.2. The average molecular weight is 302 g/mol. The summed E-state index contributed by atoms with van der Waals surface area (Å²) in [5, 5.41) is 3.33. The van der Waals surface area contributed by atoms with Crippen LogP contribution in [0.1, 0.15) is 33.3 Å². The van der Waals surface area contributed by atoms with Crippen molar-refractivity contribution in [1.82, 2.24) is 5.32 Å². The fourth-order valence-corrected chi connectivity index (χ4v) is 2.96. The van der Waals surface area contributed by atoms with Gasteiger partial charge in [-0.3, -0.25) is 0 Å². The van der Waals surface area contributed by atoms with E-state index in [4.69, 9.17) is 0 Å². The summed E-state index contributed by atoms with van der Waals surface area (Å²) in [6, 6.07) is 6.60. The van der Waals surface area contributed by atoms with Crippen molar-refractivity contribution in [3.63, 3.8) is 0 Å². The van der Waals surface area contributed by atoms with Crippen LogP contribution < -0.4 is 5.32 Å². The lowest BCUT2D eigenvalue weighted by Crippen LogP contribution is -2.11. The van der Waals surface area contributed by atoms with Crippen LogP contribution in [0.5, 0.6) is 0 Å². The van der Waals surface area contributed by atoms with Gasteiger partial charge in [-0.2, -0.15) is 0 Å². The smallest absolute Gasteiger partial charge is 0.0314 e. The Balaban J connectivity index is 2.75. The zero-order valence-corrected chi connectivity index (χ0v) is 12.8. The van der Waals surface area contributed by atoms with Gasteiger partial charge in [0.15, 0.2) is 0 Å². The number of thioether (sulfide) groups is 1. The Morgan fingerprint density at radius 3 is 2.50 bits per heavy atom. The quantitative estimate of drug-likeness (QED) is 0.825. The predicted octanol–water partition coefficient (Wildman–Crippen LogP) is 4.45. The van der Waals surface area contributed by atoms with E-state index in [0.29, 0.717) is 0 Å². The molecule has 90 valence electrons. The first kappa shape index (κ1) is 14.1. The van der Waals surface area contributed by atoms with Crippen LogP contribution >= 0.6 is 27.7 Å². The molecule has 0 aliphatic carbocycles. The van der Waals surface area contributed by atoms with Crippen LogP contribution in [0.15, 0.2) is 27.6 Å². The van der Waals surface area contributed by atoms with E-state index in [1.54, 1.807) is 0 Å². The third-order valence-electron chi connectivity index (χ3n) is 1.99. The highest BCUT2D eigenvalue weighted by Gasteiger charge is 2.14. The van der Waals surface area contributed by atoms with Crippen molar-refractivity contribution >= 4 is 27.7 Å². The van der Waals surface area contributed by atoms with Crippen LogP contribution in [0.2, 0.25) is 0 Å². The first-order valence-electron chi connectivity index (χ1n) is 5.60. The summed E-state index contributed by atoms with van der Waals surface area (Å²) in [4.78, 5) is 1.31. The second-order valence-electron chi connectivity index (χ2n) is 4.76. The molecule has 0 spiro atoms. The third kappa shape index (κ3) is 4.89. The molecule has 1 rings (SSSR count). The Morgan fingerprint density at radius 1 is 1.31 bits per heavy atom. The van der Waals surface area contributed by atoms with Crippen molar-refractivity contribution in [2.75, 3.05) is 6.54 Å². The van der Waals surface area contributed by atoms with Crippen LogP contribution in [0.25, 0.3) is 0 Å². The molecule has 0 atom stereocenters. The SMILES string of the molecule is CCNCc1ccc(SC(C)(C)C)c(Br)c1. The van der Waals surface area contributed by atoms with Crippen LogP contribution in [-0.2, 0) is 6.54 Å². The van der Waals surface area contributed by atoms with Crippen molar-refractivity contribution in [3.8, 4) is 0 Å². The van der Waals surface area contributed by atoms with Crippen LogP contribution in [-0.4, -0.2) is 11.3 Å². The number of nitrogens with one attached hydrogen (secondary N) is 1. The summed E-state index contributed by atoms with van der Waals surface area (Å²) in [7, 11) is 0. The van der Waals surface area contributed by atoms with Crippen LogP contribution in [0, 0.1) is 0 Å². The van der Waals surface area contributed by atoms with E-state index < -0.39 is 0 Å². The van der Waals surface area contributed by atoms with Crippen molar-refractivity contribution in [2.45, 2.75) is 43.9 Å². The lowest BCUT2D eigenvalue weighted by Gasteiger charge is -2.18. The van der Waals surface area contributed by atoms with Gasteiger partial charge < -0.3 is 5.32 Å². The molecule has 1 aromatic carbocycles. The molecule has 0 fully saturated rings. The minimum Gasteiger partial charge on any atom is -0.313 e. The van der Waals surface area contributed by atoms with Gasteiger partial charge >= 0.3 is 0 Å². The van der Waals surface area contributed by atoms with Crippen molar-refractivity contribution in [2.24, 2.45) is 0 Å². The summed E-state index contributed by atoms with van der Waals surface area (Å²) in [5.74, 6) is 0. The molecule has 0 radical (unpaired) electrons. The Morgan fingerprint density at radius 2 is 2.00 bits per heavy atom. The molecule has 1 nitrogen and oxygen atoms in total. The van der Waals surface area contributed by atoms with Gasteiger partial charge in [0, 0.05) is 20.7 Å². The van der Waals surface area contributed by atoms with E-state index in [-0.39, 0.29) is 4.75 Å². The molecular formula is C13H20BrNS. The monoisotopic (exact) mass is 301 g/mol. The largest absolute Gasteiger partial charge is 0.313 e. The van der Waals surface area contributed by atoms with Gasteiger partial charge in [-0.15, -0.1) is 11.8 Å². The fraction of sp³-hybridized carbons (Fsp3) is 0.538. The van der Waals surface area contributed by atoms with Gasteiger partial charge in [0.25, 0.3) is 0 Å². The lowest BCUT2D eigenvalue weighted by molar-refractivity contribution is 0.726. The third-order valence-corrected chi connectivity index (χ3v) is 4.10. The molecule has 0 bridgehead atoms. The maximum absolute atomic E-state index is 3.64. The van der Waals surface area contributed by atoms with Crippen LogP contribution in [0.3, 0.4) is 0 Å². The van der Waals surface area contributed by atoms with Gasteiger partial charge in [0.1, 0.15) is 0 Å². The summed E-state index contributed by atoms with van der Waals surface area (Å²) in [5.41, 5.74) is 1.33. The minimum atomic E-state index is 0.256. The molecule has 16 heavy (non-hydrogen) atoms. The summed E-state index contributed by atoms with van der Waals surface area (Å²) < 4.78 is 1.45. The number of hydrogen-bond donors (Lipinski definition) is 1. The standard InChI is InChI=1S/C13H20BrNS/c1-5-15-9-10-6-7-12(11(14)8-10)16-13(2,3)4/h6-8,15H,5,9H2,1-4H3. The molecule has 1 aromatic rings. The maximum atomic E-state index is 3.64. The summed E-state index contributed by atoms with van der Waals surface area (Å²) in [6.45, 7) is 10.8. The minimum absolute atomic E-state index is 0.256.